The van der Waals surface area contributed by atoms with Crippen LogP contribution in [-0.2, 0) is 6.54 Å². The number of hydrogen-bond donors (Lipinski definition) is 1. The Hall–Kier alpha value is -2.51. The third kappa shape index (κ3) is 5.40. The number of aryl methyl sites for hydroxylation is 1. The van der Waals surface area contributed by atoms with E-state index >= 15 is 0 Å². The Kier molecular flexibility index (Phi) is 6.53. The zero-order valence-corrected chi connectivity index (χ0v) is 18.6. The molecule has 1 aromatic carbocycles. The summed E-state index contributed by atoms with van der Waals surface area (Å²) < 4.78 is 0. The minimum atomic E-state index is -0.961. The molecule has 1 unspecified atom stereocenters. The lowest BCUT2D eigenvalue weighted by Crippen LogP contribution is -2.54. The highest BCUT2D eigenvalue weighted by Crippen LogP contribution is 2.26. The van der Waals surface area contributed by atoms with Gasteiger partial charge in [0.2, 0.25) is 0 Å². The van der Waals surface area contributed by atoms with Gasteiger partial charge < -0.3 is 14.9 Å². The SMILES string of the molecule is Cc1cc(N2CCCC(O)(CN(C)C(=O)c3ccc(CN4CCCC4)cc3)C2)ncn1. The summed E-state index contributed by atoms with van der Waals surface area (Å²) in [6.07, 6.45) is 5.63. The fourth-order valence-corrected chi connectivity index (χ4v) is 4.74. The molecule has 1 atom stereocenters. The maximum atomic E-state index is 13.0. The van der Waals surface area contributed by atoms with Crippen LogP contribution in [0.3, 0.4) is 0 Å². The lowest BCUT2D eigenvalue weighted by Gasteiger charge is -2.41. The number of aromatic nitrogens is 2. The fraction of sp³-hybridized carbons (Fsp3) is 0.542. The van der Waals surface area contributed by atoms with E-state index in [2.05, 4.69) is 19.8 Å². The summed E-state index contributed by atoms with van der Waals surface area (Å²) in [4.78, 5) is 27.7. The molecule has 3 heterocycles. The smallest absolute Gasteiger partial charge is 0.253 e. The molecule has 7 heteroatoms. The molecule has 166 valence electrons. The van der Waals surface area contributed by atoms with E-state index in [9.17, 15) is 9.90 Å². The number of aliphatic hydroxyl groups is 1. The molecule has 0 aliphatic carbocycles. The Balaban J connectivity index is 1.37. The van der Waals surface area contributed by atoms with Gasteiger partial charge in [0.05, 0.1) is 12.1 Å². The number of nitrogens with zero attached hydrogens (tertiary/aromatic N) is 5. The van der Waals surface area contributed by atoms with Crippen molar-refractivity contribution in [3.8, 4) is 0 Å². The van der Waals surface area contributed by atoms with Gasteiger partial charge in [-0.1, -0.05) is 12.1 Å². The van der Waals surface area contributed by atoms with Gasteiger partial charge in [-0.3, -0.25) is 9.69 Å². The van der Waals surface area contributed by atoms with Crippen LogP contribution in [0.1, 0.15) is 47.3 Å². The van der Waals surface area contributed by atoms with Gasteiger partial charge >= 0.3 is 0 Å². The molecule has 2 aliphatic rings. The van der Waals surface area contributed by atoms with E-state index in [4.69, 9.17) is 0 Å². The summed E-state index contributed by atoms with van der Waals surface area (Å²) in [5.74, 6) is 0.768. The number of rotatable bonds is 6. The summed E-state index contributed by atoms with van der Waals surface area (Å²) in [7, 11) is 1.77. The Morgan fingerprint density at radius 1 is 1.13 bits per heavy atom. The number of hydrogen-bond acceptors (Lipinski definition) is 6. The number of anilines is 1. The second-order valence-corrected chi connectivity index (χ2v) is 9.11. The highest BCUT2D eigenvalue weighted by atomic mass is 16.3. The van der Waals surface area contributed by atoms with E-state index in [0.717, 1.165) is 44.1 Å². The van der Waals surface area contributed by atoms with Gasteiger partial charge in [-0.05, 0) is 63.4 Å². The average molecular weight is 424 g/mol. The molecular weight excluding hydrogens is 390 g/mol. The van der Waals surface area contributed by atoms with Crippen molar-refractivity contribution in [2.45, 2.75) is 44.8 Å². The molecule has 31 heavy (non-hydrogen) atoms. The second-order valence-electron chi connectivity index (χ2n) is 9.11. The first-order valence-corrected chi connectivity index (χ1v) is 11.2. The molecule has 1 amide bonds. The summed E-state index contributed by atoms with van der Waals surface area (Å²) in [6, 6.07) is 9.85. The van der Waals surface area contributed by atoms with E-state index in [1.54, 1.807) is 18.3 Å². The predicted molar refractivity (Wildman–Crippen MR) is 121 cm³/mol. The fourth-order valence-electron chi connectivity index (χ4n) is 4.74. The van der Waals surface area contributed by atoms with Crippen molar-refractivity contribution in [3.63, 3.8) is 0 Å². The summed E-state index contributed by atoms with van der Waals surface area (Å²) >= 11 is 0. The van der Waals surface area contributed by atoms with Crippen molar-refractivity contribution in [3.05, 3.63) is 53.5 Å². The van der Waals surface area contributed by atoms with Crippen LogP contribution in [0.4, 0.5) is 5.82 Å². The molecule has 1 aromatic heterocycles. The van der Waals surface area contributed by atoms with Crippen LogP contribution in [0.25, 0.3) is 0 Å². The minimum absolute atomic E-state index is 0.0591. The number of likely N-dealkylation sites (N-methyl/N-ethyl adjacent to an activating group) is 1. The molecule has 4 rings (SSSR count). The molecule has 7 nitrogen and oxygen atoms in total. The van der Waals surface area contributed by atoms with Crippen LogP contribution in [0, 0.1) is 6.92 Å². The summed E-state index contributed by atoms with van der Waals surface area (Å²) in [5, 5.41) is 11.3. The van der Waals surface area contributed by atoms with Gasteiger partial charge in [0.1, 0.15) is 12.1 Å². The number of likely N-dealkylation sites (tertiary alicyclic amines) is 1. The zero-order chi connectivity index (χ0) is 21.8. The standard InChI is InChI=1S/C24H33N5O2/c1-19-14-22(26-18-25-19)29-13-5-10-24(31,17-29)16-27(2)23(30)21-8-6-20(7-9-21)15-28-11-3-4-12-28/h6-9,14,18,31H,3-5,10-13,15-17H2,1-2H3. The predicted octanol–water partition coefficient (Wildman–Crippen LogP) is 2.48. The molecule has 1 N–H and O–H groups in total. The molecule has 2 aliphatic heterocycles. The van der Waals surface area contributed by atoms with Crippen molar-refractivity contribution in [2.24, 2.45) is 0 Å². The lowest BCUT2D eigenvalue weighted by atomic mass is 9.92. The van der Waals surface area contributed by atoms with Crippen LogP contribution < -0.4 is 4.90 Å². The second kappa shape index (κ2) is 9.32. The van der Waals surface area contributed by atoms with Crippen molar-refractivity contribution in [1.29, 1.82) is 0 Å². The van der Waals surface area contributed by atoms with Crippen LogP contribution in [0.5, 0.6) is 0 Å². The van der Waals surface area contributed by atoms with Crippen LogP contribution >= 0.6 is 0 Å². The molecule has 0 radical (unpaired) electrons. The van der Waals surface area contributed by atoms with Crippen molar-refractivity contribution < 1.29 is 9.90 Å². The third-order valence-electron chi connectivity index (χ3n) is 6.35. The van der Waals surface area contributed by atoms with Crippen LogP contribution in [0.15, 0.2) is 36.7 Å². The first-order chi connectivity index (χ1) is 14.9. The number of piperidine rings is 1. The van der Waals surface area contributed by atoms with Gasteiger partial charge in [0.25, 0.3) is 5.91 Å². The van der Waals surface area contributed by atoms with Gasteiger partial charge in [0.15, 0.2) is 0 Å². The van der Waals surface area contributed by atoms with Crippen molar-refractivity contribution in [1.82, 2.24) is 19.8 Å². The van der Waals surface area contributed by atoms with Crippen LogP contribution in [0.2, 0.25) is 0 Å². The number of carbonyl (C=O) groups is 1. The molecule has 0 spiro atoms. The van der Waals surface area contributed by atoms with E-state index in [1.807, 2.05) is 37.3 Å². The first-order valence-electron chi connectivity index (χ1n) is 11.2. The van der Waals surface area contributed by atoms with Crippen molar-refractivity contribution in [2.75, 3.05) is 44.7 Å². The number of carbonyl (C=O) groups excluding carboxylic acids is 1. The van der Waals surface area contributed by atoms with E-state index in [1.165, 1.54) is 18.4 Å². The third-order valence-corrected chi connectivity index (χ3v) is 6.35. The lowest BCUT2D eigenvalue weighted by molar-refractivity contribution is -0.000141. The normalized spacial score (nSPS) is 22.0. The largest absolute Gasteiger partial charge is 0.386 e. The molecule has 2 aromatic rings. The summed E-state index contributed by atoms with van der Waals surface area (Å²) in [5.41, 5.74) is 1.84. The Morgan fingerprint density at radius 3 is 2.58 bits per heavy atom. The van der Waals surface area contributed by atoms with Gasteiger partial charge in [0, 0.05) is 44.0 Å². The highest BCUT2D eigenvalue weighted by Gasteiger charge is 2.36. The molecular formula is C24H33N5O2. The number of amides is 1. The topological polar surface area (TPSA) is 72.8 Å². The van der Waals surface area contributed by atoms with E-state index in [-0.39, 0.29) is 5.91 Å². The van der Waals surface area contributed by atoms with Gasteiger partial charge in [-0.25, -0.2) is 9.97 Å². The molecule has 0 saturated carbocycles. The molecule has 0 bridgehead atoms. The Labute approximate surface area is 184 Å². The van der Waals surface area contributed by atoms with E-state index < -0.39 is 5.60 Å². The maximum absolute atomic E-state index is 13.0. The monoisotopic (exact) mass is 423 g/mol. The summed E-state index contributed by atoms with van der Waals surface area (Å²) in [6.45, 7) is 6.79. The molecule has 2 fully saturated rings. The zero-order valence-electron chi connectivity index (χ0n) is 18.6. The Bertz CT molecular complexity index is 897. The Morgan fingerprint density at radius 2 is 1.87 bits per heavy atom. The minimum Gasteiger partial charge on any atom is -0.386 e. The van der Waals surface area contributed by atoms with Gasteiger partial charge in [-0.2, -0.15) is 0 Å². The molecule has 2 saturated heterocycles. The number of β-amino-alcohol motifs (C(OH)–C–C–N with tert-alkyl or cyclic N) is 1. The van der Waals surface area contributed by atoms with E-state index in [0.29, 0.717) is 25.1 Å². The quantitative estimate of drug-likeness (QED) is 0.770. The number of benzene rings is 1. The van der Waals surface area contributed by atoms with Gasteiger partial charge in [-0.15, -0.1) is 0 Å². The maximum Gasteiger partial charge on any atom is 0.253 e. The van der Waals surface area contributed by atoms with Crippen LogP contribution in [-0.4, -0.2) is 76.2 Å². The first kappa shape index (κ1) is 21.7. The average Bonchev–Trinajstić information content (AvgIpc) is 3.26. The highest BCUT2D eigenvalue weighted by molar-refractivity contribution is 5.94. The van der Waals surface area contributed by atoms with Crippen molar-refractivity contribution >= 4 is 11.7 Å².